The summed E-state index contributed by atoms with van der Waals surface area (Å²) in [4.78, 5) is 10.2. The zero-order valence-corrected chi connectivity index (χ0v) is 7.28. The maximum atomic E-state index is 10.2. The quantitative estimate of drug-likeness (QED) is 0.671. The second-order valence-electron chi connectivity index (χ2n) is 2.08. The first-order valence-corrected chi connectivity index (χ1v) is 4.59. The van der Waals surface area contributed by atoms with E-state index in [9.17, 15) is 4.79 Å². The normalized spacial score (nSPS) is 13.0. The van der Waals surface area contributed by atoms with Crippen molar-refractivity contribution in [3.63, 3.8) is 0 Å². The molecule has 0 spiro atoms. The zero-order valence-electron chi connectivity index (χ0n) is 6.46. The molecule has 0 heterocycles. The number of carboxylic acids is 1. The summed E-state index contributed by atoms with van der Waals surface area (Å²) in [6, 6.07) is 0. The summed E-state index contributed by atoms with van der Waals surface area (Å²) in [6.07, 6.45) is 1.25. The van der Waals surface area contributed by atoms with E-state index in [0.717, 1.165) is 12.2 Å². The van der Waals surface area contributed by atoms with Crippen molar-refractivity contribution >= 4 is 17.7 Å². The molecule has 60 valence electrons. The Kier molecular flexibility index (Phi) is 5.49. The second-order valence-corrected chi connectivity index (χ2v) is 3.66. The van der Waals surface area contributed by atoms with Crippen LogP contribution in [0.25, 0.3) is 0 Å². The highest BCUT2D eigenvalue weighted by Gasteiger charge is 2.09. The van der Waals surface area contributed by atoms with Gasteiger partial charge >= 0.3 is 5.97 Å². The molecular formula is C7H14O2S. The molecule has 0 saturated carbocycles. The largest absolute Gasteiger partial charge is 0.481 e. The van der Waals surface area contributed by atoms with E-state index in [-0.39, 0.29) is 0 Å². The zero-order chi connectivity index (χ0) is 7.98. The monoisotopic (exact) mass is 162 g/mol. The van der Waals surface area contributed by atoms with Crippen molar-refractivity contribution in [3.8, 4) is 0 Å². The molecule has 0 aromatic carbocycles. The van der Waals surface area contributed by atoms with Gasteiger partial charge < -0.3 is 5.11 Å². The first kappa shape index (κ1) is 9.82. The predicted octanol–water partition coefficient (Wildman–Crippen LogP) is 1.99. The average Bonchev–Trinajstić information content (AvgIpc) is 1.86. The molecule has 0 saturated heterocycles. The van der Waals surface area contributed by atoms with Gasteiger partial charge in [0.1, 0.15) is 0 Å². The summed E-state index contributed by atoms with van der Waals surface area (Å²) in [5.41, 5.74) is 0. The molecule has 0 aliphatic carbocycles. The number of thioether (sulfide) groups is 1. The second kappa shape index (κ2) is 5.59. The van der Waals surface area contributed by atoms with Crippen molar-refractivity contribution in [1.29, 1.82) is 0 Å². The third-order valence-electron chi connectivity index (χ3n) is 1.26. The average molecular weight is 162 g/mol. The van der Waals surface area contributed by atoms with Crippen molar-refractivity contribution < 1.29 is 9.90 Å². The minimum Gasteiger partial charge on any atom is -0.481 e. The van der Waals surface area contributed by atoms with Crippen LogP contribution in [0.5, 0.6) is 0 Å². The smallest absolute Gasteiger partial charge is 0.304 e. The Morgan fingerprint density at radius 3 is 2.50 bits per heavy atom. The van der Waals surface area contributed by atoms with Crippen LogP contribution in [0.3, 0.4) is 0 Å². The van der Waals surface area contributed by atoms with Gasteiger partial charge in [0.25, 0.3) is 0 Å². The van der Waals surface area contributed by atoms with E-state index in [0.29, 0.717) is 11.7 Å². The van der Waals surface area contributed by atoms with Crippen molar-refractivity contribution in [3.05, 3.63) is 0 Å². The number of carbonyl (C=O) groups is 1. The lowest BCUT2D eigenvalue weighted by Gasteiger charge is -2.08. The molecule has 0 aliphatic rings. The molecule has 1 atom stereocenters. The molecule has 0 aliphatic heterocycles. The van der Waals surface area contributed by atoms with Crippen LogP contribution >= 0.6 is 11.8 Å². The topological polar surface area (TPSA) is 37.3 Å². The summed E-state index contributed by atoms with van der Waals surface area (Å²) in [7, 11) is 0. The molecule has 0 amide bonds. The van der Waals surface area contributed by atoms with Crippen LogP contribution < -0.4 is 0 Å². The predicted molar refractivity (Wildman–Crippen MR) is 44.5 cm³/mol. The van der Waals surface area contributed by atoms with Gasteiger partial charge in [0, 0.05) is 5.25 Å². The van der Waals surface area contributed by atoms with E-state index in [1.807, 2.05) is 6.92 Å². The molecule has 0 bridgehead atoms. The molecule has 0 aromatic rings. The third kappa shape index (κ3) is 4.68. The van der Waals surface area contributed by atoms with Gasteiger partial charge in [-0.05, 0) is 12.2 Å². The first-order chi connectivity index (χ1) is 4.70. The van der Waals surface area contributed by atoms with Crippen molar-refractivity contribution in [2.45, 2.75) is 31.9 Å². The lowest BCUT2D eigenvalue weighted by Crippen LogP contribution is -2.08. The standard InChI is InChI=1S/C7H14O2S/c1-3-6(10-4-2)5-7(8)9/h6H,3-5H2,1-2H3,(H,8,9). The van der Waals surface area contributed by atoms with Crippen molar-refractivity contribution in [2.24, 2.45) is 0 Å². The highest BCUT2D eigenvalue weighted by molar-refractivity contribution is 7.99. The molecule has 0 aromatic heterocycles. The molecule has 0 rings (SSSR count). The summed E-state index contributed by atoms with van der Waals surface area (Å²) in [5.74, 6) is 0.319. The number of aliphatic carboxylic acids is 1. The molecule has 0 fully saturated rings. The lowest BCUT2D eigenvalue weighted by molar-refractivity contribution is -0.136. The van der Waals surface area contributed by atoms with Gasteiger partial charge in [0.15, 0.2) is 0 Å². The molecule has 1 unspecified atom stereocenters. The third-order valence-corrected chi connectivity index (χ3v) is 2.56. The fourth-order valence-corrected chi connectivity index (χ4v) is 1.72. The minimum absolute atomic E-state index is 0.301. The Labute approximate surface area is 66.0 Å². The Morgan fingerprint density at radius 1 is 1.60 bits per heavy atom. The van der Waals surface area contributed by atoms with Crippen LogP contribution in [-0.2, 0) is 4.79 Å². The Balaban J connectivity index is 3.49. The van der Waals surface area contributed by atoms with Gasteiger partial charge in [-0.2, -0.15) is 11.8 Å². The van der Waals surface area contributed by atoms with E-state index >= 15 is 0 Å². The van der Waals surface area contributed by atoms with Crippen LogP contribution in [-0.4, -0.2) is 22.1 Å². The van der Waals surface area contributed by atoms with E-state index in [1.165, 1.54) is 0 Å². The van der Waals surface area contributed by atoms with Crippen molar-refractivity contribution in [1.82, 2.24) is 0 Å². The highest BCUT2D eigenvalue weighted by atomic mass is 32.2. The molecule has 2 nitrogen and oxygen atoms in total. The molecule has 1 N–H and O–H groups in total. The Bertz CT molecular complexity index is 104. The maximum Gasteiger partial charge on any atom is 0.304 e. The summed E-state index contributed by atoms with van der Waals surface area (Å²) >= 11 is 1.72. The van der Waals surface area contributed by atoms with Gasteiger partial charge in [-0.25, -0.2) is 0 Å². The fraction of sp³-hybridized carbons (Fsp3) is 0.857. The van der Waals surface area contributed by atoms with Crippen LogP contribution in [0, 0.1) is 0 Å². The number of hydrogen-bond donors (Lipinski definition) is 1. The van der Waals surface area contributed by atoms with E-state index in [1.54, 1.807) is 11.8 Å². The molecular weight excluding hydrogens is 148 g/mol. The summed E-state index contributed by atoms with van der Waals surface area (Å²) in [5, 5.41) is 8.74. The summed E-state index contributed by atoms with van der Waals surface area (Å²) < 4.78 is 0. The molecule has 0 radical (unpaired) electrons. The van der Waals surface area contributed by atoms with Crippen LogP contribution in [0.15, 0.2) is 0 Å². The number of rotatable bonds is 5. The van der Waals surface area contributed by atoms with Crippen LogP contribution in [0.4, 0.5) is 0 Å². The van der Waals surface area contributed by atoms with Crippen LogP contribution in [0.2, 0.25) is 0 Å². The maximum absolute atomic E-state index is 10.2. The minimum atomic E-state index is -0.687. The van der Waals surface area contributed by atoms with Gasteiger partial charge in [-0.15, -0.1) is 0 Å². The number of carboxylic acid groups (broad SMARTS) is 1. The number of hydrogen-bond acceptors (Lipinski definition) is 2. The fourth-order valence-electron chi connectivity index (χ4n) is 0.752. The van der Waals surface area contributed by atoms with Gasteiger partial charge in [0.05, 0.1) is 6.42 Å². The molecule has 10 heavy (non-hydrogen) atoms. The van der Waals surface area contributed by atoms with E-state index < -0.39 is 5.97 Å². The summed E-state index contributed by atoms with van der Waals surface area (Å²) in [6.45, 7) is 4.07. The van der Waals surface area contributed by atoms with Gasteiger partial charge in [-0.3, -0.25) is 4.79 Å². The van der Waals surface area contributed by atoms with Crippen LogP contribution in [0.1, 0.15) is 26.7 Å². The Hall–Kier alpha value is -0.180. The lowest BCUT2D eigenvalue weighted by atomic mass is 10.2. The highest BCUT2D eigenvalue weighted by Crippen LogP contribution is 2.16. The van der Waals surface area contributed by atoms with Crippen molar-refractivity contribution in [2.75, 3.05) is 5.75 Å². The molecule has 3 heteroatoms. The van der Waals surface area contributed by atoms with Gasteiger partial charge in [-0.1, -0.05) is 13.8 Å². The Morgan fingerprint density at radius 2 is 2.20 bits per heavy atom. The van der Waals surface area contributed by atoms with E-state index in [2.05, 4.69) is 6.92 Å². The van der Waals surface area contributed by atoms with E-state index in [4.69, 9.17) is 5.11 Å². The van der Waals surface area contributed by atoms with Gasteiger partial charge in [0.2, 0.25) is 0 Å². The SMILES string of the molecule is CCSC(CC)CC(=O)O. The first-order valence-electron chi connectivity index (χ1n) is 3.54.